The van der Waals surface area contributed by atoms with Crippen LogP contribution in [0.15, 0.2) is 46.1 Å². The Morgan fingerprint density at radius 3 is 2.46 bits per heavy atom. The van der Waals surface area contributed by atoms with E-state index in [4.69, 9.17) is 10.5 Å². The summed E-state index contributed by atoms with van der Waals surface area (Å²) in [5.74, 6) is 0.174. The highest BCUT2D eigenvalue weighted by Crippen LogP contribution is 2.28. The molecule has 1 heterocycles. The van der Waals surface area contributed by atoms with Crippen LogP contribution in [0.1, 0.15) is 5.56 Å². The third-order valence-corrected chi connectivity index (χ3v) is 5.59. The fourth-order valence-corrected chi connectivity index (χ4v) is 4.32. The van der Waals surface area contributed by atoms with Crippen LogP contribution in [-0.2, 0) is 17.1 Å². The highest BCUT2D eigenvalue weighted by Gasteiger charge is 2.27. The molecule has 0 saturated heterocycles. The minimum atomic E-state index is -4.15. The number of anilines is 1. The average molecular weight is 347 g/mol. The number of nitrogen functional groups attached to an aromatic ring is 1. The zero-order valence-electron chi connectivity index (χ0n) is 13.5. The lowest BCUT2D eigenvalue weighted by atomic mass is 10.2. The van der Waals surface area contributed by atoms with Crippen LogP contribution >= 0.6 is 0 Å². The second-order valence-electron chi connectivity index (χ2n) is 5.51. The first-order valence-corrected chi connectivity index (χ1v) is 8.58. The molecule has 2 N–H and O–H groups in total. The summed E-state index contributed by atoms with van der Waals surface area (Å²) >= 11 is 0. The van der Waals surface area contributed by atoms with Gasteiger partial charge in [-0.25, -0.2) is 13.2 Å². The number of aromatic nitrogens is 2. The molecule has 2 aromatic carbocycles. The van der Waals surface area contributed by atoms with Crippen molar-refractivity contribution in [3.05, 3.63) is 52.4 Å². The number of aryl methyl sites for hydroxylation is 2. The fraction of sp³-hybridized carbons (Fsp3) is 0.188. The first-order chi connectivity index (χ1) is 11.3. The topological polar surface area (TPSA) is 96.3 Å². The van der Waals surface area contributed by atoms with Gasteiger partial charge in [0, 0.05) is 12.7 Å². The number of hydrogen-bond donors (Lipinski definition) is 1. The molecule has 126 valence electrons. The zero-order valence-corrected chi connectivity index (χ0v) is 14.3. The van der Waals surface area contributed by atoms with E-state index in [2.05, 4.69) is 0 Å². The van der Waals surface area contributed by atoms with Gasteiger partial charge in [-0.3, -0.25) is 4.57 Å². The van der Waals surface area contributed by atoms with Gasteiger partial charge in [0.05, 0.1) is 18.1 Å². The number of fused-ring (bicyclic) bond motifs is 1. The van der Waals surface area contributed by atoms with Gasteiger partial charge in [0.25, 0.3) is 10.0 Å². The minimum absolute atomic E-state index is 0.0676. The molecule has 0 atom stereocenters. The van der Waals surface area contributed by atoms with Gasteiger partial charge in [-0.15, -0.1) is 0 Å². The molecule has 0 saturated carbocycles. The highest BCUT2D eigenvalue weighted by molar-refractivity contribution is 7.90. The van der Waals surface area contributed by atoms with E-state index in [-0.39, 0.29) is 16.2 Å². The Balaban J connectivity index is 2.43. The Kier molecular flexibility index (Phi) is 3.64. The van der Waals surface area contributed by atoms with E-state index in [1.807, 2.05) is 0 Å². The van der Waals surface area contributed by atoms with Crippen molar-refractivity contribution >= 4 is 26.7 Å². The Bertz CT molecular complexity index is 1110. The molecule has 8 heteroatoms. The number of hydrogen-bond acceptors (Lipinski definition) is 5. The molecule has 0 radical (unpaired) electrons. The normalized spacial score (nSPS) is 11.8. The van der Waals surface area contributed by atoms with Crippen molar-refractivity contribution in [2.45, 2.75) is 11.8 Å². The molecule has 0 bridgehead atoms. The molecule has 0 unspecified atom stereocenters. The summed E-state index contributed by atoms with van der Waals surface area (Å²) in [6.07, 6.45) is 0. The first kappa shape index (κ1) is 16.1. The van der Waals surface area contributed by atoms with Crippen molar-refractivity contribution in [3.8, 4) is 5.75 Å². The van der Waals surface area contributed by atoms with Crippen molar-refractivity contribution in [1.82, 2.24) is 8.54 Å². The largest absolute Gasteiger partial charge is 0.495 e. The number of ether oxygens (including phenoxy) is 1. The summed E-state index contributed by atoms with van der Waals surface area (Å²) in [6, 6.07) is 9.48. The SMILES string of the molecule is COc1ccc(C)cc1S(=O)(=O)n1c(=O)n(C)c2ccc(N)cc21. The van der Waals surface area contributed by atoms with Crippen LogP contribution in [0.25, 0.3) is 11.0 Å². The second-order valence-corrected chi connectivity index (χ2v) is 7.27. The predicted octanol–water partition coefficient (Wildman–Crippen LogP) is 1.48. The van der Waals surface area contributed by atoms with Crippen LogP contribution in [-0.4, -0.2) is 24.1 Å². The van der Waals surface area contributed by atoms with Crippen molar-refractivity contribution in [1.29, 1.82) is 0 Å². The zero-order chi connectivity index (χ0) is 17.6. The molecule has 0 spiro atoms. The van der Waals surface area contributed by atoms with Crippen LogP contribution in [0.4, 0.5) is 5.69 Å². The van der Waals surface area contributed by atoms with Gasteiger partial charge in [-0.2, -0.15) is 3.97 Å². The van der Waals surface area contributed by atoms with E-state index < -0.39 is 15.7 Å². The van der Waals surface area contributed by atoms with Crippen molar-refractivity contribution in [2.24, 2.45) is 7.05 Å². The third kappa shape index (κ3) is 2.26. The third-order valence-electron chi connectivity index (χ3n) is 3.88. The van der Waals surface area contributed by atoms with Gasteiger partial charge in [0.15, 0.2) is 0 Å². The van der Waals surface area contributed by atoms with Gasteiger partial charge in [0.2, 0.25) is 0 Å². The molecular weight excluding hydrogens is 330 g/mol. The van der Waals surface area contributed by atoms with Gasteiger partial charge in [0.1, 0.15) is 10.6 Å². The fourth-order valence-electron chi connectivity index (χ4n) is 2.65. The van der Waals surface area contributed by atoms with Crippen LogP contribution in [0, 0.1) is 6.92 Å². The van der Waals surface area contributed by atoms with E-state index in [0.29, 0.717) is 11.2 Å². The average Bonchev–Trinajstić information content (AvgIpc) is 2.78. The Hall–Kier alpha value is -2.74. The molecule has 0 aliphatic rings. The number of nitrogens with two attached hydrogens (primary N) is 1. The molecule has 3 rings (SSSR count). The number of rotatable bonds is 3. The molecule has 0 fully saturated rings. The quantitative estimate of drug-likeness (QED) is 0.724. The molecule has 24 heavy (non-hydrogen) atoms. The summed E-state index contributed by atoms with van der Waals surface area (Å²) < 4.78 is 33.5. The lowest BCUT2D eigenvalue weighted by Gasteiger charge is -2.11. The maximum absolute atomic E-state index is 13.2. The standard InChI is InChI=1S/C16H17N3O4S/c1-10-4-7-14(23-3)15(8-10)24(21,22)19-13-9-11(17)5-6-12(13)18(2)16(19)20/h4-9H,17H2,1-3H3. The van der Waals surface area contributed by atoms with Gasteiger partial charge in [-0.05, 0) is 42.8 Å². The predicted molar refractivity (Wildman–Crippen MR) is 91.9 cm³/mol. The first-order valence-electron chi connectivity index (χ1n) is 7.14. The smallest absolute Gasteiger partial charge is 0.343 e. The van der Waals surface area contributed by atoms with Crippen LogP contribution in [0.2, 0.25) is 0 Å². The van der Waals surface area contributed by atoms with Gasteiger partial charge >= 0.3 is 5.69 Å². The lowest BCUT2D eigenvalue weighted by molar-refractivity contribution is 0.402. The van der Waals surface area contributed by atoms with E-state index in [1.165, 1.54) is 30.9 Å². The monoisotopic (exact) mass is 347 g/mol. The summed E-state index contributed by atoms with van der Waals surface area (Å²) in [5, 5.41) is 0. The minimum Gasteiger partial charge on any atom is -0.495 e. The molecule has 0 aliphatic carbocycles. The van der Waals surface area contributed by atoms with Crippen LogP contribution in [0.5, 0.6) is 5.75 Å². The Morgan fingerprint density at radius 1 is 1.08 bits per heavy atom. The maximum atomic E-state index is 13.2. The molecule has 7 nitrogen and oxygen atoms in total. The summed E-state index contributed by atoms with van der Waals surface area (Å²) in [6.45, 7) is 1.77. The van der Waals surface area contributed by atoms with Crippen LogP contribution < -0.4 is 16.2 Å². The molecule has 3 aromatic rings. The van der Waals surface area contributed by atoms with Gasteiger partial charge in [-0.1, -0.05) is 6.07 Å². The van der Waals surface area contributed by atoms with Gasteiger partial charge < -0.3 is 10.5 Å². The van der Waals surface area contributed by atoms with E-state index in [1.54, 1.807) is 31.2 Å². The summed E-state index contributed by atoms with van der Waals surface area (Å²) in [7, 11) is -1.26. The maximum Gasteiger partial charge on any atom is 0.343 e. The number of methoxy groups -OCH3 is 1. The number of imidazole rings is 1. The summed E-state index contributed by atoms with van der Waals surface area (Å²) in [4.78, 5) is 12.5. The van der Waals surface area contributed by atoms with Crippen molar-refractivity contribution < 1.29 is 13.2 Å². The van der Waals surface area contributed by atoms with E-state index in [0.717, 1.165) is 9.54 Å². The Morgan fingerprint density at radius 2 is 1.79 bits per heavy atom. The van der Waals surface area contributed by atoms with Crippen molar-refractivity contribution in [2.75, 3.05) is 12.8 Å². The summed E-state index contributed by atoms with van der Waals surface area (Å²) in [5.41, 5.74) is 6.91. The molecule has 0 amide bonds. The van der Waals surface area contributed by atoms with Crippen molar-refractivity contribution in [3.63, 3.8) is 0 Å². The number of nitrogens with zero attached hydrogens (tertiary/aromatic N) is 2. The highest BCUT2D eigenvalue weighted by atomic mass is 32.2. The molecule has 0 aliphatic heterocycles. The second kappa shape index (κ2) is 5.41. The van der Waals surface area contributed by atoms with E-state index >= 15 is 0 Å². The Labute approximate surface area is 138 Å². The molecular formula is C16H17N3O4S. The van der Waals surface area contributed by atoms with E-state index in [9.17, 15) is 13.2 Å². The molecule has 1 aromatic heterocycles. The number of benzene rings is 2. The lowest BCUT2D eigenvalue weighted by Crippen LogP contribution is -2.28. The van der Waals surface area contributed by atoms with Crippen LogP contribution in [0.3, 0.4) is 0 Å².